The van der Waals surface area contributed by atoms with Gasteiger partial charge in [-0.3, -0.25) is 4.79 Å². The van der Waals surface area contributed by atoms with Gasteiger partial charge >= 0.3 is 5.97 Å². The van der Waals surface area contributed by atoms with E-state index in [1.807, 2.05) is 0 Å². The zero-order valence-corrected chi connectivity index (χ0v) is 7.45. The molecule has 0 saturated carbocycles. The zero-order chi connectivity index (χ0) is 9.14. The number of carbonyl (C=O) groups is 1. The van der Waals surface area contributed by atoms with Crippen LogP contribution in [0.5, 0.6) is 0 Å². The average molecular weight is 172 g/mol. The first kappa shape index (κ1) is 9.48. The molecule has 0 aliphatic carbocycles. The number of carbonyl (C=O) groups excluding carboxylic acids is 1. The molecule has 1 aliphatic rings. The second kappa shape index (κ2) is 3.87. The lowest BCUT2D eigenvalue weighted by Gasteiger charge is -2.51. The second-order valence-corrected chi connectivity index (χ2v) is 3.15. The number of hydroxylamine groups is 2. The van der Waals surface area contributed by atoms with E-state index in [-0.39, 0.29) is 11.9 Å². The molecule has 1 fully saturated rings. The third-order valence-electron chi connectivity index (χ3n) is 2.05. The molecule has 0 bridgehead atoms. The van der Waals surface area contributed by atoms with E-state index >= 15 is 0 Å². The summed E-state index contributed by atoms with van der Waals surface area (Å²) in [6.07, 6.45) is 1.47. The third kappa shape index (κ3) is 1.95. The fraction of sp³-hybridized carbons (Fsp3) is 0.875. The Morgan fingerprint density at radius 3 is 2.83 bits per heavy atom. The molecule has 4 nitrogen and oxygen atoms in total. The van der Waals surface area contributed by atoms with Crippen molar-refractivity contribution in [2.45, 2.75) is 32.9 Å². The molecule has 70 valence electrons. The second-order valence-electron chi connectivity index (χ2n) is 3.15. The molecule has 2 unspecified atom stereocenters. The van der Waals surface area contributed by atoms with Crippen LogP contribution in [0.25, 0.3) is 0 Å². The van der Waals surface area contributed by atoms with Crippen LogP contribution in [0.15, 0.2) is 0 Å². The van der Waals surface area contributed by atoms with Gasteiger partial charge in [-0.1, -0.05) is 13.3 Å². The highest BCUT2D eigenvalue weighted by molar-refractivity contribution is 5.66. The van der Waals surface area contributed by atoms with Crippen LogP contribution in [0, 0.1) is 11.1 Å². The summed E-state index contributed by atoms with van der Waals surface area (Å²) in [6.45, 7) is 3.89. The van der Waals surface area contributed by atoms with Gasteiger partial charge in [0.2, 0.25) is 0 Å². The largest absolute Gasteiger partial charge is 0.783 e. The van der Waals surface area contributed by atoms with Gasteiger partial charge in [0.25, 0.3) is 0 Å². The molecule has 0 amide bonds. The minimum atomic E-state index is -0.512. The highest BCUT2D eigenvalue weighted by Gasteiger charge is 2.34. The van der Waals surface area contributed by atoms with Crippen molar-refractivity contribution in [3.8, 4) is 0 Å². The maximum atomic E-state index is 10.9. The van der Waals surface area contributed by atoms with E-state index in [4.69, 9.17) is 4.74 Å². The summed E-state index contributed by atoms with van der Waals surface area (Å²) < 4.78 is 4.84. The van der Waals surface area contributed by atoms with Crippen LogP contribution in [0.2, 0.25) is 0 Å². The van der Waals surface area contributed by atoms with Gasteiger partial charge in [-0.2, -0.15) is 0 Å². The van der Waals surface area contributed by atoms with Crippen molar-refractivity contribution in [1.29, 1.82) is 0 Å². The topological polar surface area (TPSA) is 52.6 Å². The Morgan fingerprint density at radius 2 is 2.42 bits per heavy atom. The first-order chi connectivity index (χ1) is 5.65. The van der Waals surface area contributed by atoms with Gasteiger partial charge in [0, 0.05) is 12.8 Å². The van der Waals surface area contributed by atoms with E-state index in [2.05, 4.69) is 6.92 Å². The lowest BCUT2D eigenvalue weighted by molar-refractivity contribution is -0.178. The number of rotatable bonds is 3. The molecule has 4 heteroatoms. The molecule has 0 aromatic carbocycles. The molecule has 0 aromatic heterocycles. The number of hydrogen-bond acceptors (Lipinski definition) is 4. The normalized spacial score (nSPS) is 29.6. The van der Waals surface area contributed by atoms with Crippen LogP contribution in [-0.4, -0.2) is 23.8 Å². The third-order valence-corrected chi connectivity index (χ3v) is 2.05. The van der Waals surface area contributed by atoms with Gasteiger partial charge in [0.1, 0.15) is 6.23 Å². The minimum Gasteiger partial charge on any atom is -0.783 e. The molecular weight excluding hydrogens is 158 g/mol. The van der Waals surface area contributed by atoms with Crippen LogP contribution in [0.1, 0.15) is 26.7 Å². The molecule has 0 aromatic rings. The number of nitrogens with zero attached hydrogens (tertiary/aromatic N) is 1. The van der Waals surface area contributed by atoms with Gasteiger partial charge < -0.3 is 15.0 Å². The summed E-state index contributed by atoms with van der Waals surface area (Å²) in [5.41, 5.74) is 0. The molecule has 0 spiro atoms. The Balaban J connectivity index is 2.33. The lowest BCUT2D eigenvalue weighted by atomic mass is 9.94. The minimum absolute atomic E-state index is 0.247. The quantitative estimate of drug-likeness (QED) is 0.598. The Labute approximate surface area is 72.1 Å². The highest BCUT2D eigenvalue weighted by atomic mass is 16.6. The summed E-state index contributed by atoms with van der Waals surface area (Å²) in [4.78, 5) is 10.6. The number of ether oxygens (including phenoxy) is 1. The van der Waals surface area contributed by atoms with Crippen molar-refractivity contribution in [2.75, 3.05) is 6.54 Å². The van der Waals surface area contributed by atoms with E-state index in [1.165, 1.54) is 6.92 Å². The van der Waals surface area contributed by atoms with Crippen LogP contribution in [-0.2, 0) is 9.53 Å². The van der Waals surface area contributed by atoms with Crippen molar-refractivity contribution < 1.29 is 9.53 Å². The summed E-state index contributed by atoms with van der Waals surface area (Å²) in [5.74, 6) is -0.127. The number of esters is 1. The van der Waals surface area contributed by atoms with Crippen molar-refractivity contribution in [2.24, 2.45) is 5.92 Å². The maximum Gasteiger partial charge on any atom is 0.304 e. The standard InChI is InChI=1S/C8H14NO3/c1-3-4-7-5-9(11)8(7)12-6(2)10/h7-8H,3-5H2,1-2H3/q-1. The Kier molecular flexibility index (Phi) is 3.05. The Morgan fingerprint density at radius 1 is 1.75 bits per heavy atom. The summed E-state index contributed by atoms with van der Waals surface area (Å²) in [7, 11) is 0. The molecule has 1 rings (SSSR count). The van der Waals surface area contributed by atoms with Crippen LogP contribution < -0.4 is 0 Å². The Hall–Kier alpha value is -0.610. The SMILES string of the molecule is CCCC1CN([O-])C1OC(C)=O. The van der Waals surface area contributed by atoms with E-state index < -0.39 is 6.23 Å². The van der Waals surface area contributed by atoms with E-state index in [9.17, 15) is 10.0 Å². The van der Waals surface area contributed by atoms with Gasteiger partial charge in [0.05, 0.1) is 0 Å². The molecular formula is C8H14NO3-. The van der Waals surface area contributed by atoms with Crippen molar-refractivity contribution in [3.63, 3.8) is 0 Å². The predicted molar refractivity (Wildman–Crippen MR) is 44.0 cm³/mol. The molecule has 1 saturated heterocycles. The highest BCUT2D eigenvalue weighted by Crippen LogP contribution is 2.28. The van der Waals surface area contributed by atoms with Crippen molar-refractivity contribution in [1.82, 2.24) is 5.06 Å². The van der Waals surface area contributed by atoms with Gasteiger partial charge in [-0.05, 0) is 13.0 Å². The molecule has 2 atom stereocenters. The fourth-order valence-electron chi connectivity index (χ4n) is 1.45. The molecule has 1 aliphatic heterocycles. The predicted octanol–water partition coefficient (Wildman–Crippen LogP) is 1.11. The first-order valence-corrected chi connectivity index (χ1v) is 4.26. The van der Waals surface area contributed by atoms with E-state index in [0.29, 0.717) is 6.54 Å². The lowest BCUT2D eigenvalue weighted by Crippen LogP contribution is -2.54. The fourth-order valence-corrected chi connectivity index (χ4v) is 1.45. The molecule has 0 radical (unpaired) electrons. The smallest absolute Gasteiger partial charge is 0.304 e. The van der Waals surface area contributed by atoms with Crippen LogP contribution in [0.4, 0.5) is 0 Å². The zero-order valence-electron chi connectivity index (χ0n) is 7.45. The summed E-state index contributed by atoms with van der Waals surface area (Å²) in [5, 5.41) is 11.7. The molecule has 1 heterocycles. The van der Waals surface area contributed by atoms with Crippen LogP contribution >= 0.6 is 0 Å². The van der Waals surface area contributed by atoms with Crippen LogP contribution in [0.3, 0.4) is 0 Å². The van der Waals surface area contributed by atoms with Gasteiger partial charge in [-0.15, -0.1) is 0 Å². The van der Waals surface area contributed by atoms with E-state index in [1.54, 1.807) is 0 Å². The summed E-state index contributed by atoms with van der Waals surface area (Å²) in [6, 6.07) is 0. The van der Waals surface area contributed by atoms with E-state index in [0.717, 1.165) is 17.9 Å². The summed E-state index contributed by atoms with van der Waals surface area (Å²) >= 11 is 0. The monoisotopic (exact) mass is 172 g/mol. The van der Waals surface area contributed by atoms with Gasteiger partial charge in [0.15, 0.2) is 0 Å². The first-order valence-electron chi connectivity index (χ1n) is 4.26. The average Bonchev–Trinajstić information content (AvgIpc) is 2.00. The Bertz CT molecular complexity index is 170. The van der Waals surface area contributed by atoms with Crippen molar-refractivity contribution in [3.05, 3.63) is 5.21 Å². The molecule has 12 heavy (non-hydrogen) atoms. The number of hydrogen-bond donors (Lipinski definition) is 0. The van der Waals surface area contributed by atoms with Crippen molar-refractivity contribution >= 4 is 5.97 Å². The van der Waals surface area contributed by atoms with Gasteiger partial charge in [-0.25, -0.2) is 0 Å². The maximum absolute atomic E-state index is 10.9. The molecule has 0 N–H and O–H groups in total.